The smallest absolute Gasteiger partial charge is 0.116 e. The summed E-state index contributed by atoms with van der Waals surface area (Å²) in [6.07, 6.45) is 0.636. The fraction of sp³-hybridized carbons (Fsp3) is 0.294. The minimum absolute atomic E-state index is 0.227. The molecule has 0 aliphatic heterocycles. The van der Waals surface area contributed by atoms with Crippen LogP contribution in [0.2, 0.25) is 0 Å². The van der Waals surface area contributed by atoms with Crippen molar-refractivity contribution < 1.29 is 5.11 Å². The van der Waals surface area contributed by atoms with E-state index in [4.69, 9.17) is 0 Å². The molecule has 0 radical (unpaired) electrons. The summed E-state index contributed by atoms with van der Waals surface area (Å²) in [6, 6.07) is 20.0. The lowest BCUT2D eigenvalue weighted by molar-refractivity contribution is 0.0619. The highest BCUT2D eigenvalue weighted by molar-refractivity contribution is 5.36. The van der Waals surface area contributed by atoms with Crippen LogP contribution in [0, 0.1) is 0 Å². The van der Waals surface area contributed by atoms with Gasteiger partial charge in [0.1, 0.15) is 5.60 Å². The van der Waals surface area contributed by atoms with E-state index < -0.39 is 5.60 Å². The molecular weight excluding hydrogens is 234 g/mol. The Kier molecular flexibility index (Phi) is 4.35. The van der Waals surface area contributed by atoms with Gasteiger partial charge in [0, 0.05) is 6.04 Å². The molecule has 2 rings (SSSR count). The monoisotopic (exact) mass is 255 g/mol. The van der Waals surface area contributed by atoms with E-state index in [1.54, 1.807) is 0 Å². The molecule has 2 aromatic rings. The molecule has 0 heterocycles. The fourth-order valence-corrected chi connectivity index (χ4v) is 2.38. The molecule has 0 saturated carbocycles. The van der Waals surface area contributed by atoms with Gasteiger partial charge >= 0.3 is 0 Å². The third-order valence-corrected chi connectivity index (χ3v) is 3.60. The first-order valence-corrected chi connectivity index (χ1v) is 6.67. The highest BCUT2D eigenvalue weighted by Gasteiger charge is 2.32. The Morgan fingerprint density at radius 3 is 1.74 bits per heavy atom. The second-order valence-corrected chi connectivity index (χ2v) is 4.99. The topological polar surface area (TPSA) is 32.3 Å². The Hall–Kier alpha value is -1.64. The van der Waals surface area contributed by atoms with Crippen molar-refractivity contribution in [1.29, 1.82) is 0 Å². The fourth-order valence-electron chi connectivity index (χ4n) is 2.38. The average Bonchev–Trinajstić information content (AvgIpc) is 2.48. The lowest BCUT2D eigenvalue weighted by atomic mass is 9.81. The number of nitrogens with one attached hydrogen (secondary N) is 1. The summed E-state index contributed by atoms with van der Waals surface area (Å²) in [4.78, 5) is 0. The predicted octanol–water partition coefficient (Wildman–Crippen LogP) is 2.92. The molecule has 0 aliphatic carbocycles. The van der Waals surface area contributed by atoms with E-state index in [1.165, 1.54) is 0 Å². The maximum atomic E-state index is 11.2. The molecule has 0 bridgehead atoms. The van der Waals surface area contributed by atoms with E-state index in [2.05, 4.69) is 12.2 Å². The lowest BCUT2D eigenvalue weighted by Crippen LogP contribution is -2.36. The van der Waals surface area contributed by atoms with E-state index in [1.807, 2.05) is 67.7 Å². The summed E-state index contributed by atoms with van der Waals surface area (Å²) in [5.41, 5.74) is 0.914. The van der Waals surface area contributed by atoms with Crippen LogP contribution in [0.4, 0.5) is 0 Å². The van der Waals surface area contributed by atoms with Crippen molar-refractivity contribution in [3.05, 3.63) is 71.8 Å². The summed E-state index contributed by atoms with van der Waals surface area (Å²) in [5.74, 6) is 0. The highest BCUT2D eigenvalue weighted by Crippen LogP contribution is 2.33. The van der Waals surface area contributed by atoms with Gasteiger partial charge in [-0.1, -0.05) is 60.7 Å². The molecule has 0 amide bonds. The quantitative estimate of drug-likeness (QED) is 0.861. The summed E-state index contributed by atoms with van der Waals surface area (Å²) >= 11 is 0. The van der Waals surface area contributed by atoms with Crippen LogP contribution in [-0.2, 0) is 5.60 Å². The van der Waals surface area contributed by atoms with Crippen molar-refractivity contribution in [2.45, 2.75) is 25.0 Å². The molecule has 2 aromatic carbocycles. The molecular formula is C17H21NO. The first-order chi connectivity index (χ1) is 9.16. The van der Waals surface area contributed by atoms with Gasteiger partial charge in [-0.25, -0.2) is 0 Å². The summed E-state index contributed by atoms with van der Waals surface area (Å²) < 4.78 is 0. The number of hydrogen-bond donors (Lipinski definition) is 2. The minimum Gasteiger partial charge on any atom is -0.380 e. The van der Waals surface area contributed by atoms with Crippen molar-refractivity contribution in [3.63, 3.8) is 0 Å². The number of aliphatic hydroxyl groups is 1. The molecule has 0 saturated heterocycles. The Bertz CT molecular complexity index is 456. The maximum absolute atomic E-state index is 11.2. The van der Waals surface area contributed by atoms with E-state index >= 15 is 0 Å². The Balaban J connectivity index is 2.44. The van der Waals surface area contributed by atoms with Crippen LogP contribution in [0.25, 0.3) is 0 Å². The molecule has 0 aliphatic rings. The molecule has 19 heavy (non-hydrogen) atoms. The van der Waals surface area contributed by atoms with Crippen LogP contribution in [0.1, 0.15) is 24.5 Å². The molecule has 2 heteroatoms. The largest absolute Gasteiger partial charge is 0.380 e. The van der Waals surface area contributed by atoms with Crippen LogP contribution in [0.3, 0.4) is 0 Å². The van der Waals surface area contributed by atoms with Crippen molar-refractivity contribution in [1.82, 2.24) is 5.32 Å². The molecule has 1 unspecified atom stereocenters. The van der Waals surface area contributed by atoms with Gasteiger partial charge in [0.25, 0.3) is 0 Å². The SMILES string of the molecule is CNC(C)CC(O)(c1ccccc1)c1ccccc1. The van der Waals surface area contributed by atoms with Crippen LogP contribution in [-0.4, -0.2) is 18.2 Å². The molecule has 0 spiro atoms. The maximum Gasteiger partial charge on any atom is 0.116 e. The zero-order valence-corrected chi connectivity index (χ0v) is 11.5. The van der Waals surface area contributed by atoms with Gasteiger partial charge in [-0.15, -0.1) is 0 Å². The van der Waals surface area contributed by atoms with E-state index in [9.17, 15) is 5.11 Å². The van der Waals surface area contributed by atoms with Gasteiger partial charge in [0.05, 0.1) is 0 Å². The second-order valence-electron chi connectivity index (χ2n) is 4.99. The summed E-state index contributed by atoms with van der Waals surface area (Å²) in [5, 5.41) is 14.4. The highest BCUT2D eigenvalue weighted by atomic mass is 16.3. The minimum atomic E-state index is -0.953. The van der Waals surface area contributed by atoms with Crippen LogP contribution >= 0.6 is 0 Å². The first kappa shape index (κ1) is 13.8. The van der Waals surface area contributed by atoms with Crippen LogP contribution < -0.4 is 5.32 Å². The summed E-state index contributed by atoms with van der Waals surface area (Å²) in [7, 11) is 1.92. The van der Waals surface area contributed by atoms with Crippen molar-refractivity contribution >= 4 is 0 Å². The van der Waals surface area contributed by atoms with Crippen LogP contribution in [0.5, 0.6) is 0 Å². The molecule has 100 valence electrons. The van der Waals surface area contributed by atoms with Gasteiger partial charge in [0.2, 0.25) is 0 Å². The molecule has 0 aromatic heterocycles. The van der Waals surface area contributed by atoms with Crippen molar-refractivity contribution in [2.24, 2.45) is 0 Å². The van der Waals surface area contributed by atoms with Gasteiger partial charge in [0.15, 0.2) is 0 Å². The van der Waals surface area contributed by atoms with Crippen molar-refractivity contribution in [3.8, 4) is 0 Å². The Morgan fingerprint density at radius 2 is 1.37 bits per heavy atom. The van der Waals surface area contributed by atoms with E-state index in [0.29, 0.717) is 6.42 Å². The average molecular weight is 255 g/mol. The summed E-state index contributed by atoms with van der Waals surface area (Å²) in [6.45, 7) is 2.08. The van der Waals surface area contributed by atoms with Crippen molar-refractivity contribution in [2.75, 3.05) is 7.05 Å². The second kappa shape index (κ2) is 6.00. The number of hydrogen-bond acceptors (Lipinski definition) is 2. The third-order valence-electron chi connectivity index (χ3n) is 3.60. The molecule has 2 N–H and O–H groups in total. The molecule has 1 atom stereocenters. The number of rotatable bonds is 5. The van der Waals surface area contributed by atoms with E-state index in [-0.39, 0.29) is 6.04 Å². The zero-order chi connectivity index (χ0) is 13.7. The lowest BCUT2D eigenvalue weighted by Gasteiger charge is -2.32. The van der Waals surface area contributed by atoms with Gasteiger partial charge in [-0.3, -0.25) is 0 Å². The normalized spacial score (nSPS) is 13.2. The van der Waals surface area contributed by atoms with Gasteiger partial charge < -0.3 is 10.4 Å². The Labute approximate surface area is 115 Å². The van der Waals surface area contributed by atoms with E-state index in [0.717, 1.165) is 11.1 Å². The molecule has 0 fully saturated rings. The van der Waals surface area contributed by atoms with Crippen LogP contribution in [0.15, 0.2) is 60.7 Å². The predicted molar refractivity (Wildman–Crippen MR) is 79.0 cm³/mol. The molecule has 2 nitrogen and oxygen atoms in total. The third kappa shape index (κ3) is 3.03. The first-order valence-electron chi connectivity index (χ1n) is 6.67. The Morgan fingerprint density at radius 1 is 0.947 bits per heavy atom. The number of benzene rings is 2. The van der Waals surface area contributed by atoms with Gasteiger partial charge in [-0.05, 0) is 31.5 Å². The van der Waals surface area contributed by atoms with Gasteiger partial charge in [-0.2, -0.15) is 0 Å². The zero-order valence-electron chi connectivity index (χ0n) is 11.5. The standard InChI is InChI=1S/C17H21NO/c1-14(18-2)13-17(19,15-9-5-3-6-10-15)16-11-7-4-8-12-16/h3-12,14,18-19H,13H2,1-2H3.